The number of hydrogen-bond acceptors (Lipinski definition) is 5. The molecule has 0 aliphatic heterocycles. The zero-order valence-electron chi connectivity index (χ0n) is 20.1. The van der Waals surface area contributed by atoms with Crippen LogP contribution in [0, 0.1) is 0 Å². The second kappa shape index (κ2) is 11.3. The lowest BCUT2D eigenvalue weighted by molar-refractivity contribution is 0.0473. The first-order chi connectivity index (χ1) is 17.1. The van der Waals surface area contributed by atoms with E-state index in [1.165, 1.54) is 0 Å². The molecule has 0 unspecified atom stereocenters. The molecule has 0 atom stereocenters. The van der Waals surface area contributed by atoms with Crippen LogP contribution in [0.5, 0.6) is 17.2 Å². The SMILES string of the molecule is COc1ccc(-c2ccccc2C(=O)OCc2ccccc2)c(Cc2ccc(OC)cc2OC)c1. The molecule has 35 heavy (non-hydrogen) atoms. The number of carbonyl (C=O) groups is 1. The third-order valence-corrected chi connectivity index (χ3v) is 5.84. The molecule has 0 amide bonds. The fourth-order valence-electron chi connectivity index (χ4n) is 4.01. The summed E-state index contributed by atoms with van der Waals surface area (Å²) in [4.78, 5) is 13.1. The molecule has 4 rings (SSSR count). The molecule has 4 aromatic carbocycles. The first-order valence-electron chi connectivity index (χ1n) is 11.3. The van der Waals surface area contributed by atoms with Crippen molar-refractivity contribution in [2.45, 2.75) is 13.0 Å². The lowest BCUT2D eigenvalue weighted by Crippen LogP contribution is -2.08. The maximum atomic E-state index is 13.1. The Morgan fingerprint density at radius 1 is 0.657 bits per heavy atom. The highest BCUT2D eigenvalue weighted by Crippen LogP contribution is 2.34. The van der Waals surface area contributed by atoms with Crippen LogP contribution in [-0.4, -0.2) is 27.3 Å². The minimum Gasteiger partial charge on any atom is -0.497 e. The van der Waals surface area contributed by atoms with Gasteiger partial charge in [-0.3, -0.25) is 0 Å². The molecule has 0 spiro atoms. The highest BCUT2D eigenvalue weighted by Gasteiger charge is 2.18. The summed E-state index contributed by atoms with van der Waals surface area (Å²) in [5.74, 6) is 1.82. The summed E-state index contributed by atoms with van der Waals surface area (Å²) in [6.07, 6.45) is 0.576. The standard InChI is InChI=1S/C30H28O5/c1-32-24-15-16-26(23(18-24)17-22-13-14-25(33-2)19-29(22)34-3)27-11-7-8-12-28(27)30(31)35-20-21-9-5-4-6-10-21/h4-16,18-19H,17,20H2,1-3H3. The first-order valence-corrected chi connectivity index (χ1v) is 11.3. The molecule has 0 aliphatic carbocycles. The molecule has 0 radical (unpaired) electrons. The topological polar surface area (TPSA) is 54.0 Å². The van der Waals surface area contributed by atoms with Gasteiger partial charge < -0.3 is 18.9 Å². The molecule has 5 heteroatoms. The van der Waals surface area contributed by atoms with Gasteiger partial charge in [0.05, 0.1) is 26.9 Å². The molecule has 5 nitrogen and oxygen atoms in total. The van der Waals surface area contributed by atoms with E-state index in [0.717, 1.165) is 45.1 Å². The normalized spacial score (nSPS) is 10.5. The number of rotatable bonds is 9. The number of esters is 1. The van der Waals surface area contributed by atoms with Gasteiger partial charge in [-0.2, -0.15) is 0 Å². The summed E-state index contributed by atoms with van der Waals surface area (Å²) in [6, 6.07) is 28.8. The van der Waals surface area contributed by atoms with E-state index in [4.69, 9.17) is 18.9 Å². The number of ether oxygens (including phenoxy) is 4. The van der Waals surface area contributed by atoms with Crippen molar-refractivity contribution in [3.05, 3.63) is 113 Å². The fraction of sp³-hybridized carbons (Fsp3) is 0.167. The summed E-state index contributed by atoms with van der Waals surface area (Å²) in [5, 5.41) is 0. The maximum absolute atomic E-state index is 13.1. The largest absolute Gasteiger partial charge is 0.497 e. The van der Waals surface area contributed by atoms with Gasteiger partial charge in [0.2, 0.25) is 0 Å². The average molecular weight is 469 g/mol. The Labute approximate surface area is 205 Å². The Morgan fingerprint density at radius 2 is 1.34 bits per heavy atom. The summed E-state index contributed by atoms with van der Waals surface area (Å²) in [6.45, 7) is 0.215. The van der Waals surface area contributed by atoms with E-state index in [0.29, 0.717) is 12.0 Å². The van der Waals surface area contributed by atoms with Crippen LogP contribution in [0.15, 0.2) is 91.0 Å². The summed E-state index contributed by atoms with van der Waals surface area (Å²) in [7, 11) is 4.91. The van der Waals surface area contributed by atoms with Gasteiger partial charge in [-0.25, -0.2) is 4.79 Å². The summed E-state index contributed by atoms with van der Waals surface area (Å²) < 4.78 is 22.1. The molecule has 178 valence electrons. The van der Waals surface area contributed by atoms with Crippen LogP contribution in [0.2, 0.25) is 0 Å². The minimum absolute atomic E-state index is 0.215. The molecule has 0 aromatic heterocycles. The van der Waals surface area contributed by atoms with E-state index in [-0.39, 0.29) is 12.6 Å². The molecule has 4 aromatic rings. The third kappa shape index (κ3) is 5.64. The van der Waals surface area contributed by atoms with Gasteiger partial charge >= 0.3 is 5.97 Å². The molecule has 0 saturated heterocycles. The molecule has 0 bridgehead atoms. The Bertz CT molecular complexity index is 1300. The second-order valence-corrected chi connectivity index (χ2v) is 7.98. The van der Waals surface area contributed by atoms with Gasteiger partial charge in [0.1, 0.15) is 23.9 Å². The van der Waals surface area contributed by atoms with E-state index in [9.17, 15) is 4.79 Å². The summed E-state index contributed by atoms with van der Waals surface area (Å²) in [5.41, 5.74) is 5.17. The predicted molar refractivity (Wildman–Crippen MR) is 136 cm³/mol. The van der Waals surface area contributed by atoms with Gasteiger partial charge in [-0.05, 0) is 52.1 Å². The first kappa shape index (κ1) is 23.9. The predicted octanol–water partition coefficient (Wildman–Crippen LogP) is 6.33. The van der Waals surface area contributed by atoms with E-state index >= 15 is 0 Å². The highest BCUT2D eigenvalue weighted by atomic mass is 16.5. The summed E-state index contributed by atoms with van der Waals surface area (Å²) >= 11 is 0. The highest BCUT2D eigenvalue weighted by molar-refractivity contribution is 5.97. The van der Waals surface area contributed by atoms with Gasteiger partial charge in [0.15, 0.2) is 0 Å². The Morgan fingerprint density at radius 3 is 2.09 bits per heavy atom. The second-order valence-electron chi connectivity index (χ2n) is 7.98. The van der Waals surface area contributed by atoms with Crippen LogP contribution >= 0.6 is 0 Å². The zero-order chi connectivity index (χ0) is 24.6. The van der Waals surface area contributed by atoms with Crippen molar-refractivity contribution >= 4 is 5.97 Å². The smallest absolute Gasteiger partial charge is 0.339 e. The van der Waals surface area contributed by atoms with Crippen LogP contribution in [-0.2, 0) is 17.8 Å². The number of hydrogen-bond donors (Lipinski definition) is 0. The molecular formula is C30H28O5. The number of carbonyl (C=O) groups excluding carboxylic acids is 1. The van der Waals surface area contributed by atoms with Gasteiger partial charge in [0.25, 0.3) is 0 Å². The van der Waals surface area contributed by atoms with E-state index in [2.05, 4.69) is 0 Å². The number of methoxy groups -OCH3 is 3. The fourth-order valence-corrected chi connectivity index (χ4v) is 4.01. The molecular weight excluding hydrogens is 440 g/mol. The molecule has 0 heterocycles. The maximum Gasteiger partial charge on any atom is 0.339 e. The van der Waals surface area contributed by atoms with Crippen LogP contribution in [0.3, 0.4) is 0 Å². The van der Waals surface area contributed by atoms with Crippen molar-refractivity contribution in [1.29, 1.82) is 0 Å². The Kier molecular flexibility index (Phi) is 7.68. The Hall–Kier alpha value is -4.25. The number of benzene rings is 4. The quantitative estimate of drug-likeness (QED) is 0.269. The van der Waals surface area contributed by atoms with Gasteiger partial charge in [-0.15, -0.1) is 0 Å². The van der Waals surface area contributed by atoms with Gasteiger partial charge in [0, 0.05) is 12.5 Å². The molecule has 0 fully saturated rings. The zero-order valence-corrected chi connectivity index (χ0v) is 20.1. The third-order valence-electron chi connectivity index (χ3n) is 5.84. The van der Waals surface area contributed by atoms with Crippen molar-refractivity contribution in [1.82, 2.24) is 0 Å². The Balaban J connectivity index is 1.70. The van der Waals surface area contributed by atoms with E-state index < -0.39 is 0 Å². The molecule has 0 saturated carbocycles. The lowest BCUT2D eigenvalue weighted by atomic mass is 9.91. The monoisotopic (exact) mass is 468 g/mol. The van der Waals surface area contributed by atoms with Crippen molar-refractivity contribution in [2.75, 3.05) is 21.3 Å². The average Bonchev–Trinajstić information content (AvgIpc) is 2.92. The van der Waals surface area contributed by atoms with Crippen LogP contribution in [0.25, 0.3) is 11.1 Å². The lowest BCUT2D eigenvalue weighted by Gasteiger charge is -2.17. The van der Waals surface area contributed by atoms with Crippen molar-refractivity contribution in [3.8, 4) is 28.4 Å². The van der Waals surface area contributed by atoms with Crippen molar-refractivity contribution in [2.24, 2.45) is 0 Å². The van der Waals surface area contributed by atoms with Crippen LogP contribution in [0.1, 0.15) is 27.0 Å². The van der Waals surface area contributed by atoms with Crippen LogP contribution in [0.4, 0.5) is 0 Å². The van der Waals surface area contributed by atoms with Gasteiger partial charge in [-0.1, -0.05) is 60.7 Å². The van der Waals surface area contributed by atoms with Crippen molar-refractivity contribution < 1.29 is 23.7 Å². The van der Waals surface area contributed by atoms with E-state index in [1.807, 2.05) is 84.9 Å². The molecule has 0 aliphatic rings. The van der Waals surface area contributed by atoms with Crippen LogP contribution < -0.4 is 14.2 Å². The molecule has 0 N–H and O–H groups in total. The van der Waals surface area contributed by atoms with E-state index in [1.54, 1.807) is 27.4 Å². The minimum atomic E-state index is -0.367. The van der Waals surface area contributed by atoms with Crippen molar-refractivity contribution in [3.63, 3.8) is 0 Å².